The number of imide groups is 1. The molecule has 126 valence electrons. The quantitative estimate of drug-likeness (QED) is 0.690. The van der Waals surface area contributed by atoms with E-state index in [0.717, 1.165) is 12.1 Å². The van der Waals surface area contributed by atoms with Crippen molar-refractivity contribution < 1.29 is 31.2 Å². The largest absolute Gasteiger partial charge is 0.416 e. The van der Waals surface area contributed by atoms with Crippen molar-refractivity contribution in [3.05, 3.63) is 29.8 Å². The number of rotatable bonds is 5. The van der Waals surface area contributed by atoms with Crippen molar-refractivity contribution in [3.8, 4) is 0 Å². The summed E-state index contributed by atoms with van der Waals surface area (Å²) in [6.07, 6.45) is -4.79. The zero-order valence-electron chi connectivity index (χ0n) is 11.5. The lowest BCUT2D eigenvalue weighted by atomic mass is 10.2. The number of benzene rings is 1. The van der Waals surface area contributed by atoms with Crippen LogP contribution in [-0.4, -0.2) is 32.2 Å². The maximum Gasteiger partial charge on any atom is 0.416 e. The summed E-state index contributed by atoms with van der Waals surface area (Å²) < 4.78 is 63.5. The first-order chi connectivity index (χ1) is 10.6. The van der Waals surface area contributed by atoms with Crippen molar-refractivity contribution in [1.29, 1.82) is 0 Å². The molecule has 0 aliphatic carbocycles. The molecule has 11 heteroatoms. The molecule has 0 saturated carbocycles. The second kappa shape index (κ2) is 6.07. The molecule has 1 aromatic rings. The van der Waals surface area contributed by atoms with E-state index in [1.54, 1.807) is 0 Å². The van der Waals surface area contributed by atoms with E-state index >= 15 is 0 Å². The number of nitrogens with one attached hydrogen (secondary N) is 3. The fourth-order valence-corrected chi connectivity index (χ4v) is 3.06. The minimum atomic E-state index is -4.59. The molecule has 2 rings (SSSR count). The maximum absolute atomic E-state index is 12.6. The highest BCUT2D eigenvalue weighted by Crippen LogP contribution is 2.30. The van der Waals surface area contributed by atoms with Gasteiger partial charge in [-0.1, -0.05) is 6.07 Å². The molecular formula is C12H12F3N3O4S. The first-order valence-corrected chi connectivity index (χ1v) is 8.01. The number of alkyl halides is 3. The van der Waals surface area contributed by atoms with Gasteiger partial charge >= 0.3 is 12.2 Å². The number of amides is 3. The zero-order valence-corrected chi connectivity index (χ0v) is 12.3. The lowest BCUT2D eigenvalue weighted by molar-refractivity contribution is -0.137. The first-order valence-electron chi connectivity index (χ1n) is 6.36. The normalized spacial score (nSPS) is 18.5. The van der Waals surface area contributed by atoms with Crippen molar-refractivity contribution in [2.45, 2.75) is 18.6 Å². The minimum absolute atomic E-state index is 0.203. The van der Waals surface area contributed by atoms with Crippen molar-refractivity contribution in [2.75, 3.05) is 10.5 Å². The number of sulfonamides is 1. The van der Waals surface area contributed by atoms with Crippen LogP contribution in [0.1, 0.15) is 12.0 Å². The number of carbonyl (C=O) groups is 2. The molecule has 1 aromatic carbocycles. The van der Waals surface area contributed by atoms with Crippen LogP contribution in [0.3, 0.4) is 0 Å². The van der Waals surface area contributed by atoms with Gasteiger partial charge in [0.1, 0.15) is 6.04 Å². The summed E-state index contributed by atoms with van der Waals surface area (Å²) in [5, 5.41) is 4.18. The Bertz CT molecular complexity index is 733. The second-order valence-electron chi connectivity index (χ2n) is 4.80. The lowest BCUT2D eigenvalue weighted by Crippen LogP contribution is -2.32. The smallest absolute Gasteiger partial charge is 0.326 e. The molecule has 1 saturated heterocycles. The van der Waals surface area contributed by atoms with E-state index < -0.39 is 45.5 Å². The monoisotopic (exact) mass is 351 g/mol. The molecule has 0 spiro atoms. The molecule has 3 N–H and O–H groups in total. The van der Waals surface area contributed by atoms with E-state index in [-0.39, 0.29) is 12.1 Å². The Morgan fingerprint density at radius 1 is 1.22 bits per heavy atom. The highest BCUT2D eigenvalue weighted by atomic mass is 32.2. The van der Waals surface area contributed by atoms with Gasteiger partial charge in [-0.3, -0.25) is 14.8 Å². The van der Waals surface area contributed by atoms with Gasteiger partial charge in [-0.05, 0) is 24.6 Å². The highest BCUT2D eigenvalue weighted by Gasteiger charge is 2.32. The Kier molecular flexibility index (Phi) is 4.50. The van der Waals surface area contributed by atoms with Crippen LogP contribution in [0.5, 0.6) is 0 Å². The summed E-state index contributed by atoms with van der Waals surface area (Å²) >= 11 is 0. The second-order valence-corrected chi connectivity index (χ2v) is 6.65. The predicted octanol–water partition coefficient (Wildman–Crippen LogP) is 1.05. The van der Waals surface area contributed by atoms with Crippen LogP contribution in [0.15, 0.2) is 24.3 Å². The molecule has 0 radical (unpaired) electrons. The molecule has 1 atom stereocenters. The molecule has 0 aromatic heterocycles. The lowest BCUT2D eigenvalue weighted by Gasteiger charge is -2.12. The van der Waals surface area contributed by atoms with E-state index in [1.165, 1.54) is 6.07 Å². The van der Waals surface area contributed by atoms with Crippen LogP contribution in [0.4, 0.5) is 23.7 Å². The highest BCUT2D eigenvalue weighted by molar-refractivity contribution is 7.92. The Morgan fingerprint density at radius 2 is 1.91 bits per heavy atom. The van der Waals surface area contributed by atoms with Gasteiger partial charge in [0.15, 0.2) is 0 Å². The molecule has 0 bridgehead atoms. The summed E-state index contributed by atoms with van der Waals surface area (Å²) in [5.41, 5.74) is -1.22. The van der Waals surface area contributed by atoms with E-state index in [4.69, 9.17) is 0 Å². The standard InChI is InChI=1S/C12H12F3N3O4S/c13-12(14,15)7-2-1-3-8(6-7)18-23(21,22)5-4-9-10(19)17-11(20)16-9/h1-3,6,9,18H,4-5H2,(H2,16,17,19,20). The van der Waals surface area contributed by atoms with E-state index in [0.29, 0.717) is 6.07 Å². The Morgan fingerprint density at radius 3 is 2.48 bits per heavy atom. The molecule has 1 unspecified atom stereocenters. The summed E-state index contributed by atoms with van der Waals surface area (Å²) in [4.78, 5) is 22.2. The van der Waals surface area contributed by atoms with Gasteiger partial charge < -0.3 is 5.32 Å². The fraction of sp³-hybridized carbons (Fsp3) is 0.333. The van der Waals surface area contributed by atoms with Gasteiger partial charge in [-0.15, -0.1) is 0 Å². The number of urea groups is 1. The summed E-state index contributed by atoms with van der Waals surface area (Å²) in [7, 11) is -3.97. The topological polar surface area (TPSA) is 104 Å². The summed E-state index contributed by atoms with van der Waals surface area (Å²) in [6, 6.07) is 2.03. The maximum atomic E-state index is 12.6. The van der Waals surface area contributed by atoms with E-state index in [2.05, 4.69) is 5.32 Å². The van der Waals surface area contributed by atoms with Crippen molar-refractivity contribution in [3.63, 3.8) is 0 Å². The number of anilines is 1. The van der Waals surface area contributed by atoms with Crippen LogP contribution in [0.25, 0.3) is 0 Å². The third-order valence-corrected chi connectivity index (χ3v) is 4.32. The van der Waals surface area contributed by atoms with Gasteiger partial charge in [0, 0.05) is 5.69 Å². The van der Waals surface area contributed by atoms with Crippen LogP contribution in [0, 0.1) is 0 Å². The first kappa shape index (κ1) is 17.1. The van der Waals surface area contributed by atoms with Crippen molar-refractivity contribution >= 4 is 27.6 Å². The Labute approximate surface area is 129 Å². The van der Waals surface area contributed by atoms with E-state index in [1.807, 2.05) is 10.0 Å². The van der Waals surface area contributed by atoms with Crippen LogP contribution in [-0.2, 0) is 21.0 Å². The average molecular weight is 351 g/mol. The van der Waals surface area contributed by atoms with Gasteiger partial charge in [0.2, 0.25) is 10.0 Å². The van der Waals surface area contributed by atoms with Gasteiger partial charge in [0.25, 0.3) is 5.91 Å². The molecule has 23 heavy (non-hydrogen) atoms. The Balaban J connectivity index is 2.01. The predicted molar refractivity (Wildman–Crippen MR) is 73.9 cm³/mol. The van der Waals surface area contributed by atoms with Gasteiger partial charge in [-0.25, -0.2) is 13.2 Å². The van der Waals surface area contributed by atoms with Crippen LogP contribution < -0.4 is 15.4 Å². The number of halogens is 3. The molecule has 1 aliphatic heterocycles. The van der Waals surface area contributed by atoms with Gasteiger partial charge in [0.05, 0.1) is 11.3 Å². The minimum Gasteiger partial charge on any atom is -0.326 e. The third kappa shape index (κ3) is 4.58. The van der Waals surface area contributed by atoms with Crippen LogP contribution in [0.2, 0.25) is 0 Å². The van der Waals surface area contributed by atoms with Gasteiger partial charge in [-0.2, -0.15) is 13.2 Å². The molecular weight excluding hydrogens is 339 g/mol. The van der Waals surface area contributed by atoms with Crippen molar-refractivity contribution in [2.24, 2.45) is 0 Å². The third-order valence-electron chi connectivity index (χ3n) is 3.00. The zero-order chi connectivity index (χ0) is 17.3. The molecule has 1 heterocycles. The molecule has 3 amide bonds. The average Bonchev–Trinajstić information content (AvgIpc) is 2.74. The summed E-state index contributed by atoms with van der Waals surface area (Å²) in [6.45, 7) is 0. The number of hydrogen-bond donors (Lipinski definition) is 3. The fourth-order valence-electron chi connectivity index (χ4n) is 1.92. The van der Waals surface area contributed by atoms with Crippen molar-refractivity contribution in [1.82, 2.24) is 10.6 Å². The Hall–Kier alpha value is -2.30. The molecule has 1 aliphatic rings. The summed E-state index contributed by atoms with van der Waals surface area (Å²) in [5.74, 6) is -1.19. The molecule has 1 fully saturated rings. The number of hydrogen-bond acceptors (Lipinski definition) is 4. The number of carbonyl (C=O) groups excluding carboxylic acids is 2. The van der Waals surface area contributed by atoms with E-state index in [9.17, 15) is 31.2 Å². The van der Waals surface area contributed by atoms with Crippen LogP contribution >= 0.6 is 0 Å². The SMILES string of the molecule is O=C1NC(=O)C(CCS(=O)(=O)Nc2cccc(C(F)(F)F)c2)N1. The molecule has 7 nitrogen and oxygen atoms in total.